The maximum Gasteiger partial charge on any atom is 0.0989 e. The average Bonchev–Trinajstić information content (AvgIpc) is 3.01. The van der Waals surface area contributed by atoms with Gasteiger partial charge in [-0.05, 0) is 44.6 Å². The zero-order chi connectivity index (χ0) is 12.9. The first-order chi connectivity index (χ1) is 9.42. The van der Waals surface area contributed by atoms with Gasteiger partial charge in [-0.1, -0.05) is 12.2 Å². The summed E-state index contributed by atoms with van der Waals surface area (Å²) in [6, 6.07) is 0.519. The number of aromatic amines is 1. The molecule has 0 amide bonds. The van der Waals surface area contributed by atoms with Gasteiger partial charge in [0.1, 0.15) is 0 Å². The summed E-state index contributed by atoms with van der Waals surface area (Å²) in [4.78, 5) is 7.20. The van der Waals surface area contributed by atoms with Gasteiger partial charge in [-0.2, -0.15) is 0 Å². The fourth-order valence-electron chi connectivity index (χ4n) is 2.98. The summed E-state index contributed by atoms with van der Waals surface area (Å²) >= 11 is 0. The van der Waals surface area contributed by atoms with E-state index in [0.717, 1.165) is 31.2 Å². The lowest BCUT2D eigenvalue weighted by molar-refractivity contribution is -0.00689. The molecule has 4 nitrogen and oxygen atoms in total. The fourth-order valence-corrected chi connectivity index (χ4v) is 2.98. The van der Waals surface area contributed by atoms with Gasteiger partial charge in [0.05, 0.1) is 30.9 Å². The Balaban J connectivity index is 1.39. The highest BCUT2D eigenvalue weighted by molar-refractivity contribution is 5.01. The van der Waals surface area contributed by atoms with Crippen LogP contribution >= 0.6 is 0 Å². The van der Waals surface area contributed by atoms with Crippen LogP contribution in [-0.4, -0.2) is 29.2 Å². The van der Waals surface area contributed by atoms with Crippen molar-refractivity contribution in [2.24, 2.45) is 5.92 Å². The average molecular weight is 261 g/mol. The first-order valence-corrected chi connectivity index (χ1v) is 7.40. The first-order valence-electron chi connectivity index (χ1n) is 7.40. The number of aromatic nitrogens is 2. The summed E-state index contributed by atoms with van der Waals surface area (Å²) in [6.07, 6.45) is 14.5. The van der Waals surface area contributed by atoms with Crippen molar-refractivity contribution in [3.8, 4) is 0 Å². The van der Waals surface area contributed by atoms with Crippen LogP contribution in [0.1, 0.15) is 43.9 Å². The Morgan fingerprint density at radius 3 is 3.00 bits per heavy atom. The Bertz CT molecular complexity index is 394. The minimum absolute atomic E-state index is 0.207. The number of nitrogens with one attached hydrogen (secondary N) is 2. The van der Waals surface area contributed by atoms with E-state index in [0.29, 0.717) is 6.04 Å². The third-order valence-electron chi connectivity index (χ3n) is 4.22. The molecule has 3 rings (SSSR count). The summed E-state index contributed by atoms with van der Waals surface area (Å²) in [7, 11) is 0. The predicted molar refractivity (Wildman–Crippen MR) is 74.8 cm³/mol. The zero-order valence-corrected chi connectivity index (χ0v) is 11.3. The van der Waals surface area contributed by atoms with Crippen LogP contribution in [0.15, 0.2) is 24.7 Å². The topological polar surface area (TPSA) is 49.9 Å². The van der Waals surface area contributed by atoms with Gasteiger partial charge in [-0.25, -0.2) is 4.98 Å². The van der Waals surface area contributed by atoms with Gasteiger partial charge in [0.15, 0.2) is 0 Å². The second-order valence-electron chi connectivity index (χ2n) is 5.66. The second-order valence-corrected chi connectivity index (χ2v) is 5.66. The molecule has 3 atom stereocenters. The number of ether oxygens (including phenoxy) is 1. The van der Waals surface area contributed by atoms with Gasteiger partial charge in [0.25, 0.3) is 0 Å². The van der Waals surface area contributed by atoms with E-state index < -0.39 is 0 Å². The Morgan fingerprint density at radius 1 is 1.32 bits per heavy atom. The van der Waals surface area contributed by atoms with Crippen molar-refractivity contribution >= 4 is 0 Å². The standard InChI is InChI=1S/C15H23N3O/c1-2-4-12(5-3-1)8-17-13-6-7-15(19-10-13)14-9-16-11-18-14/h1-2,9,11-13,15,17H,3-8,10H2,(H,16,18)/t12?,13-,15+/m1/s1. The Labute approximate surface area is 114 Å². The summed E-state index contributed by atoms with van der Waals surface area (Å²) in [6.45, 7) is 1.94. The van der Waals surface area contributed by atoms with E-state index in [2.05, 4.69) is 27.4 Å². The molecular weight excluding hydrogens is 238 g/mol. The van der Waals surface area contributed by atoms with Crippen molar-refractivity contribution in [1.29, 1.82) is 0 Å². The number of hydrogen-bond donors (Lipinski definition) is 2. The quantitative estimate of drug-likeness (QED) is 0.819. The van der Waals surface area contributed by atoms with Gasteiger partial charge in [-0.3, -0.25) is 0 Å². The molecule has 0 saturated carbocycles. The molecule has 19 heavy (non-hydrogen) atoms. The third-order valence-corrected chi connectivity index (χ3v) is 4.22. The van der Waals surface area contributed by atoms with Crippen LogP contribution < -0.4 is 5.32 Å². The van der Waals surface area contributed by atoms with Crippen molar-refractivity contribution in [2.45, 2.75) is 44.2 Å². The molecule has 0 radical (unpaired) electrons. The van der Waals surface area contributed by atoms with Crippen LogP contribution in [0.5, 0.6) is 0 Å². The first kappa shape index (κ1) is 12.9. The lowest BCUT2D eigenvalue weighted by atomic mass is 9.94. The van der Waals surface area contributed by atoms with E-state index >= 15 is 0 Å². The van der Waals surface area contributed by atoms with Crippen LogP contribution in [0.2, 0.25) is 0 Å². The van der Waals surface area contributed by atoms with Crippen LogP contribution in [0.4, 0.5) is 0 Å². The second kappa shape index (κ2) is 6.35. The van der Waals surface area contributed by atoms with E-state index in [9.17, 15) is 0 Å². The van der Waals surface area contributed by atoms with E-state index in [1.165, 1.54) is 25.7 Å². The maximum absolute atomic E-state index is 5.93. The van der Waals surface area contributed by atoms with Gasteiger partial charge >= 0.3 is 0 Å². The van der Waals surface area contributed by atoms with Crippen molar-refractivity contribution in [2.75, 3.05) is 13.2 Å². The molecule has 1 unspecified atom stereocenters. The van der Waals surface area contributed by atoms with Crippen molar-refractivity contribution in [3.63, 3.8) is 0 Å². The molecule has 2 heterocycles. The molecule has 1 saturated heterocycles. The molecule has 1 aliphatic heterocycles. The summed E-state index contributed by atoms with van der Waals surface area (Å²) in [5.74, 6) is 0.815. The highest BCUT2D eigenvalue weighted by Crippen LogP contribution is 2.26. The van der Waals surface area contributed by atoms with E-state index in [4.69, 9.17) is 4.74 Å². The van der Waals surface area contributed by atoms with Gasteiger partial charge in [0, 0.05) is 6.04 Å². The lowest BCUT2D eigenvalue weighted by Crippen LogP contribution is -2.40. The molecule has 4 heteroatoms. The Hall–Kier alpha value is -1.13. The summed E-state index contributed by atoms with van der Waals surface area (Å²) in [5.41, 5.74) is 1.11. The number of allylic oxidation sites excluding steroid dienone is 2. The summed E-state index contributed by atoms with van der Waals surface area (Å²) in [5, 5.41) is 3.67. The number of imidazole rings is 1. The molecule has 0 spiro atoms. The number of H-pyrrole nitrogens is 1. The normalized spacial score (nSPS) is 31.5. The molecular formula is C15H23N3O. The smallest absolute Gasteiger partial charge is 0.0989 e. The van der Waals surface area contributed by atoms with Gasteiger partial charge < -0.3 is 15.0 Å². The number of hydrogen-bond acceptors (Lipinski definition) is 3. The van der Waals surface area contributed by atoms with E-state index in [1.54, 1.807) is 6.33 Å². The monoisotopic (exact) mass is 261 g/mol. The molecule has 2 N–H and O–H groups in total. The molecule has 0 aromatic carbocycles. The number of rotatable bonds is 4. The SMILES string of the molecule is C1=CCC(CN[C@@H]2CC[C@@H](c3cnc[nH]3)OC2)CC1. The Morgan fingerprint density at radius 2 is 2.32 bits per heavy atom. The van der Waals surface area contributed by atoms with Crippen molar-refractivity contribution in [1.82, 2.24) is 15.3 Å². The van der Waals surface area contributed by atoms with Crippen LogP contribution in [0.3, 0.4) is 0 Å². The van der Waals surface area contributed by atoms with Crippen LogP contribution in [0, 0.1) is 5.92 Å². The minimum atomic E-state index is 0.207. The molecule has 0 bridgehead atoms. The predicted octanol–water partition coefficient (Wildman–Crippen LogP) is 2.58. The molecule has 104 valence electrons. The fraction of sp³-hybridized carbons (Fsp3) is 0.667. The molecule has 2 aliphatic rings. The zero-order valence-electron chi connectivity index (χ0n) is 11.3. The Kier molecular flexibility index (Phi) is 4.30. The van der Waals surface area contributed by atoms with Gasteiger partial charge in [0.2, 0.25) is 0 Å². The molecule has 1 aromatic rings. The van der Waals surface area contributed by atoms with Crippen molar-refractivity contribution in [3.05, 3.63) is 30.4 Å². The van der Waals surface area contributed by atoms with Crippen LogP contribution in [0.25, 0.3) is 0 Å². The van der Waals surface area contributed by atoms with Crippen molar-refractivity contribution < 1.29 is 4.74 Å². The maximum atomic E-state index is 5.93. The number of nitrogens with zero attached hydrogens (tertiary/aromatic N) is 1. The minimum Gasteiger partial charge on any atom is -0.370 e. The molecule has 1 fully saturated rings. The summed E-state index contributed by atoms with van der Waals surface area (Å²) < 4.78 is 5.93. The largest absolute Gasteiger partial charge is 0.370 e. The van der Waals surface area contributed by atoms with Gasteiger partial charge in [-0.15, -0.1) is 0 Å². The highest BCUT2D eigenvalue weighted by atomic mass is 16.5. The van der Waals surface area contributed by atoms with Crippen LogP contribution in [-0.2, 0) is 4.74 Å². The highest BCUT2D eigenvalue weighted by Gasteiger charge is 2.24. The van der Waals surface area contributed by atoms with E-state index in [1.807, 2.05) is 6.20 Å². The molecule has 1 aliphatic carbocycles. The molecule has 1 aromatic heterocycles. The van der Waals surface area contributed by atoms with E-state index in [-0.39, 0.29) is 6.10 Å². The third kappa shape index (κ3) is 3.45. The lowest BCUT2D eigenvalue weighted by Gasteiger charge is -2.30.